The van der Waals surface area contributed by atoms with Crippen LogP contribution < -0.4 is 5.73 Å². The Morgan fingerprint density at radius 3 is 2.16 bits per heavy atom. The fourth-order valence-electron chi connectivity index (χ4n) is 3.55. The maximum absolute atomic E-state index is 12.4. The number of rotatable bonds is 3. The second-order valence-electron chi connectivity index (χ2n) is 7.46. The Balaban J connectivity index is 0.000000451. The van der Waals surface area contributed by atoms with E-state index in [9.17, 15) is 28.2 Å². The minimum absolute atomic E-state index is 0.0304. The van der Waals surface area contributed by atoms with Gasteiger partial charge < -0.3 is 30.7 Å². The van der Waals surface area contributed by atoms with Crippen molar-refractivity contribution in [2.24, 2.45) is 11.7 Å². The van der Waals surface area contributed by atoms with E-state index in [2.05, 4.69) is 0 Å². The molecule has 0 unspecified atom stereocenters. The zero-order valence-corrected chi connectivity index (χ0v) is 18.2. The summed E-state index contributed by atoms with van der Waals surface area (Å²) in [5.41, 5.74) is 6.89. The number of carboxylic acid groups (broad SMARTS) is 1. The number of nitrogens with zero attached hydrogens (tertiary/aromatic N) is 1. The van der Waals surface area contributed by atoms with E-state index in [1.807, 2.05) is 0 Å². The molecule has 2 fully saturated rings. The molecule has 1 aromatic rings. The summed E-state index contributed by atoms with van der Waals surface area (Å²) in [6.07, 6.45) is -4.65. The Kier molecular flexibility index (Phi) is 9.00. The number of aliphatic carboxylic acids is 1. The Morgan fingerprint density at radius 1 is 1.16 bits per heavy atom. The van der Waals surface area contributed by atoms with Crippen LogP contribution in [0.1, 0.15) is 30.9 Å². The molecule has 2 heterocycles. The number of phenolic OH excluding ortho intramolecular Hbond substituents is 1. The van der Waals surface area contributed by atoms with Crippen LogP contribution in [0.5, 0.6) is 5.75 Å². The van der Waals surface area contributed by atoms with Gasteiger partial charge in [0.1, 0.15) is 5.75 Å². The van der Waals surface area contributed by atoms with Gasteiger partial charge in [0.15, 0.2) is 6.10 Å². The molecule has 0 saturated carbocycles. The number of halogens is 5. The highest BCUT2D eigenvalue weighted by Crippen LogP contribution is 2.38. The maximum atomic E-state index is 12.4. The molecule has 3 atom stereocenters. The Labute approximate surface area is 191 Å². The van der Waals surface area contributed by atoms with E-state index < -0.39 is 24.4 Å². The van der Waals surface area contributed by atoms with Crippen LogP contribution in [0.15, 0.2) is 12.1 Å². The molecule has 2 saturated heterocycles. The topological polar surface area (TPSA) is 133 Å². The molecule has 5 N–H and O–H groups in total. The van der Waals surface area contributed by atoms with E-state index in [4.69, 9.17) is 43.6 Å². The SMILES string of the molecule is N[C@@H](c1cc(Cl)c(Cl)cc1O)C1CCN(C(=O)[C@@H]2OCC[C@@H]2O)CC1.O=C(O)C(F)(F)F. The normalized spacial score (nSPS) is 22.8. The lowest BCUT2D eigenvalue weighted by Crippen LogP contribution is -2.47. The van der Waals surface area contributed by atoms with Crippen molar-refractivity contribution >= 4 is 35.1 Å². The number of nitrogens with two attached hydrogens (primary N) is 1. The first-order valence-electron chi connectivity index (χ1n) is 9.65. The zero-order valence-electron chi connectivity index (χ0n) is 16.7. The van der Waals surface area contributed by atoms with Crippen LogP contribution in [0.4, 0.5) is 13.2 Å². The maximum Gasteiger partial charge on any atom is 0.490 e. The van der Waals surface area contributed by atoms with Crippen molar-refractivity contribution in [2.45, 2.75) is 43.7 Å². The summed E-state index contributed by atoms with van der Waals surface area (Å²) >= 11 is 11.9. The lowest BCUT2D eigenvalue weighted by atomic mass is 9.85. The number of hydrogen-bond acceptors (Lipinski definition) is 6. The Bertz CT molecular complexity index is 834. The summed E-state index contributed by atoms with van der Waals surface area (Å²) < 4.78 is 37.1. The van der Waals surface area contributed by atoms with Crippen LogP contribution >= 0.6 is 23.2 Å². The third-order valence-corrected chi connectivity index (χ3v) is 6.06. The van der Waals surface area contributed by atoms with E-state index >= 15 is 0 Å². The highest BCUT2D eigenvalue weighted by Gasteiger charge is 2.39. The van der Waals surface area contributed by atoms with Crippen LogP contribution in [0.25, 0.3) is 0 Å². The second-order valence-corrected chi connectivity index (χ2v) is 8.28. The summed E-state index contributed by atoms with van der Waals surface area (Å²) in [5, 5.41) is 27.7. The summed E-state index contributed by atoms with van der Waals surface area (Å²) in [6.45, 7) is 1.51. The van der Waals surface area contributed by atoms with Crippen molar-refractivity contribution in [3.05, 3.63) is 27.7 Å². The zero-order chi connectivity index (χ0) is 24.2. The second kappa shape index (κ2) is 10.9. The van der Waals surface area contributed by atoms with Gasteiger partial charge >= 0.3 is 12.1 Å². The molecule has 8 nitrogen and oxygen atoms in total. The first kappa shape index (κ1) is 26.5. The predicted molar refractivity (Wildman–Crippen MR) is 108 cm³/mol. The number of hydrogen-bond donors (Lipinski definition) is 4. The van der Waals surface area contributed by atoms with Gasteiger partial charge in [-0.25, -0.2) is 4.79 Å². The van der Waals surface area contributed by atoms with Crippen LogP contribution in [0, 0.1) is 5.92 Å². The molecule has 0 spiro atoms. The largest absolute Gasteiger partial charge is 0.508 e. The van der Waals surface area contributed by atoms with Gasteiger partial charge in [0.2, 0.25) is 0 Å². The Hall–Kier alpha value is -1.79. The first-order chi connectivity index (χ1) is 14.8. The van der Waals surface area contributed by atoms with Crippen molar-refractivity contribution in [1.29, 1.82) is 0 Å². The number of carboxylic acids is 1. The molecule has 180 valence electrons. The monoisotopic (exact) mass is 502 g/mol. The van der Waals surface area contributed by atoms with Crippen molar-refractivity contribution in [3.63, 3.8) is 0 Å². The molecule has 1 amide bonds. The molecule has 32 heavy (non-hydrogen) atoms. The number of likely N-dealkylation sites (tertiary alicyclic amines) is 1. The van der Waals surface area contributed by atoms with Crippen LogP contribution in [0.3, 0.4) is 0 Å². The fourth-order valence-corrected chi connectivity index (χ4v) is 3.88. The van der Waals surface area contributed by atoms with E-state index in [1.54, 1.807) is 11.0 Å². The van der Waals surface area contributed by atoms with Gasteiger partial charge in [-0.05, 0) is 31.2 Å². The fraction of sp³-hybridized carbons (Fsp3) is 0.579. The van der Waals surface area contributed by atoms with Gasteiger partial charge in [0, 0.05) is 30.8 Å². The third kappa shape index (κ3) is 6.61. The third-order valence-electron chi connectivity index (χ3n) is 5.33. The number of aromatic hydroxyl groups is 1. The number of aliphatic hydroxyl groups excluding tert-OH is 1. The van der Waals surface area contributed by atoms with Crippen LogP contribution in [0.2, 0.25) is 10.0 Å². The highest BCUT2D eigenvalue weighted by molar-refractivity contribution is 6.42. The number of phenols is 1. The van der Waals surface area contributed by atoms with Gasteiger partial charge in [0.25, 0.3) is 5.91 Å². The average molecular weight is 503 g/mol. The Morgan fingerprint density at radius 2 is 1.69 bits per heavy atom. The summed E-state index contributed by atoms with van der Waals surface area (Å²) in [7, 11) is 0. The number of amides is 1. The molecule has 0 radical (unpaired) electrons. The molecular weight excluding hydrogens is 480 g/mol. The predicted octanol–water partition coefficient (Wildman–Crippen LogP) is 2.72. The number of ether oxygens (including phenoxy) is 1. The van der Waals surface area contributed by atoms with Gasteiger partial charge in [-0.15, -0.1) is 0 Å². The minimum Gasteiger partial charge on any atom is -0.508 e. The molecule has 1 aromatic carbocycles. The van der Waals surface area contributed by atoms with Crippen molar-refractivity contribution < 1.29 is 42.8 Å². The van der Waals surface area contributed by atoms with E-state index in [0.29, 0.717) is 49.5 Å². The molecule has 0 bridgehead atoms. The summed E-state index contributed by atoms with van der Waals surface area (Å²) in [5.74, 6) is -2.77. The van der Waals surface area contributed by atoms with E-state index in [1.165, 1.54) is 6.07 Å². The average Bonchev–Trinajstić information content (AvgIpc) is 3.15. The van der Waals surface area contributed by atoms with Crippen molar-refractivity contribution in [2.75, 3.05) is 19.7 Å². The van der Waals surface area contributed by atoms with Crippen molar-refractivity contribution in [3.8, 4) is 5.75 Å². The number of alkyl halides is 3. The van der Waals surface area contributed by atoms with Crippen molar-refractivity contribution in [1.82, 2.24) is 4.90 Å². The van der Waals surface area contributed by atoms with Crippen LogP contribution in [-0.4, -0.2) is 70.2 Å². The van der Waals surface area contributed by atoms with Gasteiger partial charge in [-0.1, -0.05) is 23.2 Å². The molecule has 0 aromatic heterocycles. The lowest BCUT2D eigenvalue weighted by molar-refractivity contribution is -0.192. The number of benzene rings is 1. The summed E-state index contributed by atoms with van der Waals surface area (Å²) in [6, 6.07) is 2.61. The number of aliphatic hydroxyl groups is 1. The lowest BCUT2D eigenvalue weighted by Gasteiger charge is -2.36. The quantitative estimate of drug-likeness (QED) is 0.499. The van der Waals surface area contributed by atoms with Crippen LogP contribution in [-0.2, 0) is 14.3 Å². The van der Waals surface area contributed by atoms with E-state index in [0.717, 1.165) is 0 Å². The molecule has 0 aliphatic carbocycles. The highest BCUT2D eigenvalue weighted by atomic mass is 35.5. The minimum atomic E-state index is -5.08. The van der Waals surface area contributed by atoms with Gasteiger partial charge in [0.05, 0.1) is 22.8 Å². The molecule has 2 aliphatic rings. The van der Waals surface area contributed by atoms with E-state index in [-0.39, 0.29) is 28.6 Å². The smallest absolute Gasteiger partial charge is 0.490 e. The summed E-state index contributed by atoms with van der Waals surface area (Å²) in [4.78, 5) is 23.0. The van der Waals surface area contributed by atoms with Gasteiger partial charge in [-0.3, -0.25) is 4.79 Å². The molecule has 2 aliphatic heterocycles. The molecule has 13 heteroatoms. The molecule has 3 rings (SSSR count). The standard InChI is InChI=1S/C17H22Cl2N2O4.C2HF3O2/c18-11-7-10(14(23)8-12(11)19)15(20)9-1-4-21(5-2-9)17(24)16-13(22)3-6-25-16;3-2(4,5)1(6)7/h7-9,13,15-16,22-23H,1-6,20H2;(H,6,7)/t13-,15+,16+;/m0./s1. The molecular formula is C19H23Cl2F3N2O6. The van der Waals surface area contributed by atoms with Gasteiger partial charge in [-0.2, -0.15) is 13.2 Å². The first-order valence-corrected chi connectivity index (χ1v) is 10.4. The number of piperidine rings is 1. The number of carbonyl (C=O) groups excluding carboxylic acids is 1. The number of carbonyl (C=O) groups is 2.